The predicted molar refractivity (Wildman–Crippen MR) is 87.0 cm³/mol. The summed E-state index contributed by atoms with van der Waals surface area (Å²) in [7, 11) is 3.07. The summed E-state index contributed by atoms with van der Waals surface area (Å²) in [5.74, 6) is 1.35. The summed E-state index contributed by atoms with van der Waals surface area (Å²) in [4.78, 5) is 23.6. The second-order valence-electron chi connectivity index (χ2n) is 6.62. The first-order chi connectivity index (χ1) is 11.5. The highest BCUT2D eigenvalue weighted by atomic mass is 16.5. The summed E-state index contributed by atoms with van der Waals surface area (Å²) in [5.41, 5.74) is 0.701. The van der Waals surface area contributed by atoms with Crippen molar-refractivity contribution >= 4 is 11.9 Å². The third kappa shape index (κ3) is 3.63. The molecule has 3 rings (SSSR count). The Hall–Kier alpha value is -2.24. The van der Waals surface area contributed by atoms with E-state index in [4.69, 9.17) is 9.47 Å². The maximum absolute atomic E-state index is 12.4. The lowest BCUT2D eigenvalue weighted by Crippen LogP contribution is -2.31. The van der Waals surface area contributed by atoms with Crippen LogP contribution in [0.3, 0.4) is 0 Å². The van der Waals surface area contributed by atoms with Crippen LogP contribution >= 0.6 is 0 Å². The van der Waals surface area contributed by atoms with E-state index in [0.29, 0.717) is 28.9 Å². The monoisotopic (exact) mass is 333 g/mol. The lowest BCUT2D eigenvalue weighted by atomic mass is 10.0. The molecule has 1 aromatic carbocycles. The fourth-order valence-electron chi connectivity index (χ4n) is 3.34. The molecule has 0 spiro atoms. The van der Waals surface area contributed by atoms with Gasteiger partial charge in [-0.15, -0.1) is 0 Å². The van der Waals surface area contributed by atoms with Crippen molar-refractivity contribution in [2.45, 2.75) is 31.7 Å². The van der Waals surface area contributed by atoms with Gasteiger partial charge in [0.15, 0.2) is 11.5 Å². The van der Waals surface area contributed by atoms with E-state index in [9.17, 15) is 14.7 Å². The first-order valence-electron chi connectivity index (χ1n) is 8.27. The molecule has 3 unspecified atom stereocenters. The Morgan fingerprint density at radius 3 is 2.54 bits per heavy atom. The SMILES string of the molecule is COc1ccc(C(CC(=O)O)NC(=O)C2CC2C2CC2)cc1OC. The van der Waals surface area contributed by atoms with Gasteiger partial charge in [0.1, 0.15) is 0 Å². The van der Waals surface area contributed by atoms with Gasteiger partial charge in [-0.25, -0.2) is 0 Å². The van der Waals surface area contributed by atoms with E-state index in [1.165, 1.54) is 20.0 Å². The average molecular weight is 333 g/mol. The fourth-order valence-corrected chi connectivity index (χ4v) is 3.34. The molecular weight excluding hydrogens is 310 g/mol. The smallest absolute Gasteiger partial charge is 0.305 e. The molecule has 1 amide bonds. The number of carbonyl (C=O) groups excluding carboxylic acids is 1. The van der Waals surface area contributed by atoms with Crippen LogP contribution in [-0.2, 0) is 9.59 Å². The van der Waals surface area contributed by atoms with Gasteiger partial charge in [0, 0.05) is 5.92 Å². The number of amides is 1. The van der Waals surface area contributed by atoms with Crippen LogP contribution in [0.4, 0.5) is 0 Å². The Labute approximate surface area is 141 Å². The Morgan fingerprint density at radius 2 is 1.96 bits per heavy atom. The molecule has 0 aromatic heterocycles. The number of carboxylic acid groups (broad SMARTS) is 1. The fraction of sp³-hybridized carbons (Fsp3) is 0.556. The van der Waals surface area contributed by atoms with Gasteiger partial charge in [0.25, 0.3) is 0 Å². The molecule has 6 nitrogen and oxygen atoms in total. The molecule has 130 valence electrons. The van der Waals surface area contributed by atoms with Crippen molar-refractivity contribution < 1.29 is 24.2 Å². The first-order valence-corrected chi connectivity index (χ1v) is 8.27. The lowest BCUT2D eigenvalue weighted by Gasteiger charge is -2.19. The van der Waals surface area contributed by atoms with Gasteiger partial charge >= 0.3 is 5.97 Å². The normalized spacial score (nSPS) is 23.2. The Morgan fingerprint density at radius 1 is 1.25 bits per heavy atom. The number of ether oxygens (including phenoxy) is 2. The van der Waals surface area contributed by atoms with Gasteiger partial charge < -0.3 is 19.9 Å². The minimum atomic E-state index is -0.954. The van der Waals surface area contributed by atoms with Crippen LogP contribution in [-0.4, -0.2) is 31.2 Å². The molecule has 2 N–H and O–H groups in total. The summed E-state index contributed by atoms with van der Waals surface area (Å²) >= 11 is 0. The molecule has 6 heteroatoms. The van der Waals surface area contributed by atoms with Crippen LogP contribution < -0.4 is 14.8 Å². The van der Waals surface area contributed by atoms with Crippen molar-refractivity contribution in [3.05, 3.63) is 23.8 Å². The molecule has 0 bridgehead atoms. The summed E-state index contributed by atoms with van der Waals surface area (Å²) < 4.78 is 10.5. The third-order valence-corrected chi connectivity index (χ3v) is 4.91. The van der Waals surface area contributed by atoms with E-state index in [1.54, 1.807) is 25.3 Å². The Balaban J connectivity index is 1.73. The number of aliphatic carboxylic acids is 1. The van der Waals surface area contributed by atoms with Crippen molar-refractivity contribution in [2.75, 3.05) is 14.2 Å². The zero-order chi connectivity index (χ0) is 17.3. The molecule has 0 radical (unpaired) electrons. The summed E-state index contributed by atoms with van der Waals surface area (Å²) in [6.45, 7) is 0. The van der Waals surface area contributed by atoms with Gasteiger partial charge in [-0.05, 0) is 48.8 Å². The first kappa shape index (κ1) is 16.6. The van der Waals surface area contributed by atoms with Crippen LogP contribution in [0.1, 0.15) is 37.3 Å². The van der Waals surface area contributed by atoms with Crippen molar-refractivity contribution in [2.24, 2.45) is 17.8 Å². The van der Waals surface area contributed by atoms with E-state index >= 15 is 0 Å². The summed E-state index contributed by atoms with van der Waals surface area (Å²) in [6.07, 6.45) is 3.22. The molecule has 0 aliphatic heterocycles. The molecule has 1 aromatic rings. The molecule has 0 heterocycles. The van der Waals surface area contributed by atoms with Gasteiger partial charge in [-0.1, -0.05) is 6.07 Å². The highest BCUT2D eigenvalue weighted by Gasteiger charge is 2.51. The van der Waals surface area contributed by atoms with Crippen molar-refractivity contribution in [1.29, 1.82) is 0 Å². The third-order valence-electron chi connectivity index (χ3n) is 4.91. The number of methoxy groups -OCH3 is 2. The van der Waals surface area contributed by atoms with Crippen molar-refractivity contribution in [3.8, 4) is 11.5 Å². The van der Waals surface area contributed by atoms with Crippen LogP contribution in [0.25, 0.3) is 0 Å². The molecule has 2 saturated carbocycles. The predicted octanol–water partition coefficient (Wildman–Crippen LogP) is 2.38. The van der Waals surface area contributed by atoms with Gasteiger partial charge in [-0.3, -0.25) is 9.59 Å². The number of rotatable bonds is 8. The average Bonchev–Trinajstić information content (AvgIpc) is 3.44. The maximum atomic E-state index is 12.4. The molecule has 2 aliphatic carbocycles. The molecule has 24 heavy (non-hydrogen) atoms. The number of carboxylic acids is 1. The quantitative estimate of drug-likeness (QED) is 0.763. The van der Waals surface area contributed by atoms with Crippen molar-refractivity contribution in [3.63, 3.8) is 0 Å². The molecule has 0 saturated heterocycles. The Bertz CT molecular complexity index is 640. The van der Waals surface area contributed by atoms with E-state index in [0.717, 1.165) is 6.42 Å². The van der Waals surface area contributed by atoms with Gasteiger partial charge in [-0.2, -0.15) is 0 Å². The number of nitrogens with one attached hydrogen (secondary N) is 1. The van der Waals surface area contributed by atoms with E-state index < -0.39 is 12.0 Å². The van der Waals surface area contributed by atoms with E-state index in [-0.39, 0.29) is 18.2 Å². The minimum Gasteiger partial charge on any atom is -0.493 e. The summed E-state index contributed by atoms with van der Waals surface area (Å²) in [6, 6.07) is 4.63. The zero-order valence-electron chi connectivity index (χ0n) is 14.0. The standard InChI is InChI=1S/C18H23NO5/c1-23-15-6-5-11(7-16(15)24-2)14(9-17(20)21)19-18(22)13-8-12(13)10-3-4-10/h5-7,10,12-14H,3-4,8-9H2,1-2H3,(H,19,22)(H,20,21). The molecule has 3 atom stereocenters. The van der Waals surface area contributed by atoms with Crippen LogP contribution in [0.2, 0.25) is 0 Å². The topological polar surface area (TPSA) is 84.9 Å². The Kier molecular flexibility index (Phi) is 4.64. The van der Waals surface area contributed by atoms with Crippen LogP contribution in [0.5, 0.6) is 11.5 Å². The number of hydrogen-bond acceptors (Lipinski definition) is 4. The molecule has 2 fully saturated rings. The largest absolute Gasteiger partial charge is 0.493 e. The minimum absolute atomic E-state index is 0.0343. The number of carbonyl (C=O) groups is 2. The van der Waals surface area contributed by atoms with Crippen LogP contribution in [0.15, 0.2) is 18.2 Å². The van der Waals surface area contributed by atoms with Crippen molar-refractivity contribution in [1.82, 2.24) is 5.32 Å². The highest BCUT2D eigenvalue weighted by Crippen LogP contribution is 2.54. The maximum Gasteiger partial charge on any atom is 0.305 e. The second kappa shape index (κ2) is 6.71. The van der Waals surface area contributed by atoms with Crippen LogP contribution in [0, 0.1) is 17.8 Å². The number of benzene rings is 1. The van der Waals surface area contributed by atoms with E-state index in [1.807, 2.05) is 0 Å². The van der Waals surface area contributed by atoms with Gasteiger partial charge in [0.2, 0.25) is 5.91 Å². The summed E-state index contributed by atoms with van der Waals surface area (Å²) in [5, 5.41) is 12.1. The zero-order valence-corrected chi connectivity index (χ0v) is 14.0. The lowest BCUT2D eigenvalue weighted by molar-refractivity contribution is -0.137. The van der Waals surface area contributed by atoms with E-state index in [2.05, 4.69) is 5.32 Å². The molecular formula is C18H23NO5. The van der Waals surface area contributed by atoms with Gasteiger partial charge in [0.05, 0.1) is 26.7 Å². The molecule has 2 aliphatic rings. The second-order valence-corrected chi connectivity index (χ2v) is 6.62. The highest BCUT2D eigenvalue weighted by molar-refractivity contribution is 5.82. The number of hydrogen-bond donors (Lipinski definition) is 2.